The molecule has 0 spiro atoms. The predicted octanol–water partition coefficient (Wildman–Crippen LogP) is 1.70. The second kappa shape index (κ2) is 8.00. The first-order valence-electron chi connectivity index (χ1n) is 7.82. The lowest BCUT2D eigenvalue weighted by molar-refractivity contribution is -0.136. The van der Waals surface area contributed by atoms with Crippen molar-refractivity contribution in [1.82, 2.24) is 5.32 Å². The van der Waals surface area contributed by atoms with Crippen LogP contribution in [0.25, 0.3) is 0 Å². The molecule has 0 saturated heterocycles. The number of nitrogens with one attached hydrogen (secondary N) is 2. The summed E-state index contributed by atoms with van der Waals surface area (Å²) in [6, 6.07) is 6.75. The summed E-state index contributed by atoms with van der Waals surface area (Å²) in [5.74, 6) is -0.395. The second-order valence-electron chi connectivity index (χ2n) is 5.43. The van der Waals surface area contributed by atoms with Crippen molar-refractivity contribution in [1.29, 1.82) is 0 Å². The van der Waals surface area contributed by atoms with Gasteiger partial charge in [0.1, 0.15) is 13.2 Å². The standard InChI is InChI=1S/C17H18N2O5S/c20-13(11-4-8-25-10-11)3-5-18-16(21)17(22)19-12-1-2-14-15(9-12)24-7-6-23-14/h1-2,4,8-10,13,20H,3,5-7H2,(H,18,21)(H,19,22). The van der Waals surface area contributed by atoms with E-state index in [1.165, 1.54) is 11.3 Å². The molecule has 132 valence electrons. The summed E-state index contributed by atoms with van der Waals surface area (Å²) >= 11 is 1.49. The number of aliphatic hydroxyl groups is 1. The molecule has 3 rings (SSSR count). The summed E-state index contributed by atoms with van der Waals surface area (Å²) in [5.41, 5.74) is 1.25. The van der Waals surface area contributed by atoms with E-state index in [4.69, 9.17) is 9.47 Å². The maximum absolute atomic E-state index is 11.9. The highest BCUT2D eigenvalue weighted by molar-refractivity contribution is 7.07. The summed E-state index contributed by atoms with van der Waals surface area (Å²) < 4.78 is 10.8. The molecule has 8 heteroatoms. The van der Waals surface area contributed by atoms with Gasteiger partial charge in [-0.1, -0.05) is 0 Å². The van der Waals surface area contributed by atoms with Crippen molar-refractivity contribution in [2.24, 2.45) is 0 Å². The van der Waals surface area contributed by atoms with Gasteiger partial charge in [-0.05, 0) is 40.9 Å². The molecule has 7 nitrogen and oxygen atoms in total. The fraction of sp³-hybridized carbons (Fsp3) is 0.294. The smallest absolute Gasteiger partial charge is 0.313 e. The van der Waals surface area contributed by atoms with Gasteiger partial charge in [0.05, 0.1) is 6.10 Å². The fourth-order valence-electron chi connectivity index (χ4n) is 2.34. The number of ether oxygens (including phenoxy) is 2. The van der Waals surface area contributed by atoms with Crippen LogP contribution in [0.1, 0.15) is 18.1 Å². The van der Waals surface area contributed by atoms with Gasteiger partial charge in [0, 0.05) is 18.3 Å². The Bertz CT molecular complexity index is 748. The molecule has 2 aromatic rings. The number of carbonyl (C=O) groups is 2. The van der Waals surface area contributed by atoms with Crippen molar-refractivity contribution in [3.05, 3.63) is 40.6 Å². The molecule has 1 unspecified atom stereocenters. The summed E-state index contributed by atoms with van der Waals surface area (Å²) in [4.78, 5) is 23.8. The first kappa shape index (κ1) is 17.2. The van der Waals surface area contributed by atoms with Crippen molar-refractivity contribution in [3.8, 4) is 11.5 Å². The molecule has 0 saturated carbocycles. The number of carbonyl (C=O) groups excluding carboxylic acids is 2. The van der Waals surface area contributed by atoms with Gasteiger partial charge in [-0.2, -0.15) is 11.3 Å². The fourth-order valence-corrected chi connectivity index (χ4v) is 3.05. The minimum absolute atomic E-state index is 0.199. The van der Waals surface area contributed by atoms with Crippen LogP contribution >= 0.6 is 11.3 Å². The van der Waals surface area contributed by atoms with Gasteiger partial charge in [-0.3, -0.25) is 9.59 Å². The minimum Gasteiger partial charge on any atom is -0.486 e. The van der Waals surface area contributed by atoms with E-state index in [9.17, 15) is 14.7 Å². The average molecular weight is 362 g/mol. The zero-order chi connectivity index (χ0) is 17.6. The van der Waals surface area contributed by atoms with Gasteiger partial charge in [0.15, 0.2) is 11.5 Å². The Morgan fingerprint density at radius 2 is 1.96 bits per heavy atom. The molecule has 2 amide bonds. The first-order chi connectivity index (χ1) is 12.1. The van der Waals surface area contributed by atoms with Crippen molar-refractivity contribution in [3.63, 3.8) is 0 Å². The number of benzene rings is 1. The van der Waals surface area contributed by atoms with Crippen LogP contribution in [-0.4, -0.2) is 36.7 Å². The summed E-state index contributed by atoms with van der Waals surface area (Å²) in [7, 11) is 0. The molecule has 3 N–H and O–H groups in total. The van der Waals surface area contributed by atoms with Crippen LogP contribution in [-0.2, 0) is 9.59 Å². The van der Waals surface area contributed by atoms with Crippen LogP contribution in [0.3, 0.4) is 0 Å². The number of fused-ring (bicyclic) bond motifs is 1. The molecule has 1 aliphatic rings. The summed E-state index contributed by atoms with van der Waals surface area (Å²) in [6.07, 6.45) is -0.327. The van der Waals surface area contributed by atoms with Crippen LogP contribution in [0.15, 0.2) is 35.0 Å². The van der Waals surface area contributed by atoms with E-state index in [-0.39, 0.29) is 6.54 Å². The number of anilines is 1. The normalized spacial score (nSPS) is 13.8. The Balaban J connectivity index is 1.47. The number of rotatable bonds is 5. The Morgan fingerprint density at radius 3 is 2.72 bits per heavy atom. The zero-order valence-corrected chi connectivity index (χ0v) is 14.2. The van der Waals surface area contributed by atoms with Gasteiger partial charge >= 0.3 is 11.8 Å². The Kier molecular flexibility index (Phi) is 5.52. The van der Waals surface area contributed by atoms with Crippen molar-refractivity contribution < 1.29 is 24.2 Å². The first-order valence-corrected chi connectivity index (χ1v) is 8.77. The largest absolute Gasteiger partial charge is 0.486 e. The Morgan fingerprint density at radius 1 is 1.16 bits per heavy atom. The van der Waals surface area contributed by atoms with Crippen LogP contribution < -0.4 is 20.1 Å². The molecule has 0 fully saturated rings. The third kappa shape index (κ3) is 4.49. The van der Waals surface area contributed by atoms with E-state index in [2.05, 4.69) is 10.6 Å². The lowest BCUT2D eigenvalue weighted by atomic mass is 10.1. The van der Waals surface area contributed by atoms with Gasteiger partial charge in [-0.15, -0.1) is 0 Å². The van der Waals surface area contributed by atoms with E-state index in [0.717, 1.165) is 5.56 Å². The number of hydrogen-bond acceptors (Lipinski definition) is 6. The quantitative estimate of drug-likeness (QED) is 0.704. The van der Waals surface area contributed by atoms with Gasteiger partial charge in [0.25, 0.3) is 0 Å². The monoisotopic (exact) mass is 362 g/mol. The zero-order valence-electron chi connectivity index (χ0n) is 13.4. The maximum atomic E-state index is 11.9. The highest BCUT2D eigenvalue weighted by Crippen LogP contribution is 2.32. The number of aliphatic hydroxyl groups excluding tert-OH is 1. The summed E-state index contributed by atoms with van der Waals surface area (Å²) in [6.45, 7) is 1.13. The molecule has 1 aliphatic heterocycles. The SMILES string of the molecule is O=C(NCCC(O)c1ccsc1)C(=O)Nc1ccc2c(c1)OCCO2. The summed E-state index contributed by atoms with van der Waals surface area (Å²) in [5, 5.41) is 18.7. The van der Waals surface area contributed by atoms with E-state index >= 15 is 0 Å². The molecule has 2 heterocycles. The molecule has 25 heavy (non-hydrogen) atoms. The third-order valence-corrected chi connectivity index (χ3v) is 4.34. The minimum atomic E-state index is -0.776. The third-order valence-electron chi connectivity index (χ3n) is 3.64. The van der Waals surface area contributed by atoms with Crippen LogP contribution in [0.2, 0.25) is 0 Å². The molecule has 0 aliphatic carbocycles. The van der Waals surface area contributed by atoms with Gasteiger partial charge in [-0.25, -0.2) is 0 Å². The molecule has 1 aromatic heterocycles. The Labute approximate surface area is 148 Å². The van der Waals surface area contributed by atoms with Crippen LogP contribution in [0.4, 0.5) is 5.69 Å². The van der Waals surface area contributed by atoms with E-state index in [0.29, 0.717) is 36.8 Å². The molecular weight excluding hydrogens is 344 g/mol. The topological polar surface area (TPSA) is 96.9 Å². The van der Waals surface area contributed by atoms with E-state index in [1.807, 2.05) is 16.8 Å². The van der Waals surface area contributed by atoms with Crippen LogP contribution in [0, 0.1) is 0 Å². The van der Waals surface area contributed by atoms with Crippen molar-refractivity contribution >= 4 is 28.8 Å². The van der Waals surface area contributed by atoms with Crippen molar-refractivity contribution in [2.45, 2.75) is 12.5 Å². The molecule has 0 bridgehead atoms. The molecule has 1 atom stereocenters. The molecule has 0 radical (unpaired) electrons. The number of thiophene rings is 1. The van der Waals surface area contributed by atoms with E-state index < -0.39 is 17.9 Å². The maximum Gasteiger partial charge on any atom is 0.313 e. The highest BCUT2D eigenvalue weighted by atomic mass is 32.1. The van der Waals surface area contributed by atoms with Crippen molar-refractivity contribution in [2.75, 3.05) is 25.1 Å². The predicted molar refractivity (Wildman–Crippen MR) is 93.0 cm³/mol. The lowest BCUT2D eigenvalue weighted by Gasteiger charge is -2.18. The highest BCUT2D eigenvalue weighted by Gasteiger charge is 2.17. The number of amides is 2. The lowest BCUT2D eigenvalue weighted by Crippen LogP contribution is -2.36. The molecular formula is C17H18N2O5S. The molecule has 1 aromatic carbocycles. The average Bonchev–Trinajstić information content (AvgIpc) is 3.16. The van der Waals surface area contributed by atoms with Gasteiger partial charge < -0.3 is 25.2 Å². The second-order valence-corrected chi connectivity index (χ2v) is 6.21. The van der Waals surface area contributed by atoms with E-state index in [1.54, 1.807) is 18.2 Å². The van der Waals surface area contributed by atoms with Gasteiger partial charge in [0.2, 0.25) is 0 Å². The Hall–Kier alpha value is -2.58. The number of hydrogen-bond donors (Lipinski definition) is 3. The van der Waals surface area contributed by atoms with Crippen LogP contribution in [0.5, 0.6) is 11.5 Å².